The van der Waals surface area contributed by atoms with E-state index in [0.29, 0.717) is 11.3 Å². The van der Waals surface area contributed by atoms with Crippen molar-refractivity contribution in [1.82, 2.24) is 14.8 Å². The van der Waals surface area contributed by atoms with Gasteiger partial charge < -0.3 is 0 Å². The fourth-order valence-corrected chi connectivity index (χ4v) is 3.42. The first-order chi connectivity index (χ1) is 9.39. The molecule has 1 aliphatic rings. The van der Waals surface area contributed by atoms with E-state index in [0.717, 1.165) is 30.9 Å². The zero-order chi connectivity index (χ0) is 14.9. The Morgan fingerprint density at radius 2 is 2.05 bits per heavy atom. The summed E-state index contributed by atoms with van der Waals surface area (Å²) in [5.41, 5.74) is 0.336. The minimum Gasteiger partial charge on any atom is -0.246 e. The number of nitrogens with zero attached hydrogens (tertiary/aromatic N) is 4. The monoisotopic (exact) mass is 274 g/mol. The van der Waals surface area contributed by atoms with Crippen molar-refractivity contribution in [2.24, 2.45) is 17.3 Å². The second-order valence-corrected chi connectivity index (χ2v) is 6.81. The molecule has 3 atom stereocenters. The van der Waals surface area contributed by atoms with Crippen molar-refractivity contribution in [2.45, 2.75) is 66.3 Å². The Kier molecular flexibility index (Phi) is 4.17. The van der Waals surface area contributed by atoms with E-state index < -0.39 is 0 Å². The van der Waals surface area contributed by atoms with E-state index in [1.54, 1.807) is 0 Å². The van der Waals surface area contributed by atoms with Crippen molar-refractivity contribution in [2.75, 3.05) is 0 Å². The third-order valence-electron chi connectivity index (χ3n) is 5.22. The van der Waals surface area contributed by atoms with Crippen LogP contribution in [0.15, 0.2) is 0 Å². The second-order valence-electron chi connectivity index (χ2n) is 6.81. The van der Waals surface area contributed by atoms with Gasteiger partial charge in [-0.3, -0.25) is 0 Å². The van der Waals surface area contributed by atoms with Crippen LogP contribution in [0.3, 0.4) is 0 Å². The molecule has 110 valence electrons. The van der Waals surface area contributed by atoms with Crippen LogP contribution in [-0.4, -0.2) is 14.8 Å². The molecule has 1 saturated carbocycles. The van der Waals surface area contributed by atoms with Crippen LogP contribution in [0.4, 0.5) is 0 Å². The van der Waals surface area contributed by atoms with Gasteiger partial charge in [-0.2, -0.15) is 10.4 Å². The van der Waals surface area contributed by atoms with E-state index in [4.69, 9.17) is 0 Å². The minimum atomic E-state index is 0.0682. The molecule has 0 spiro atoms. The first-order valence-electron chi connectivity index (χ1n) is 7.68. The summed E-state index contributed by atoms with van der Waals surface area (Å²) >= 11 is 0. The molecule has 1 aromatic rings. The van der Waals surface area contributed by atoms with Crippen LogP contribution in [0.2, 0.25) is 0 Å². The van der Waals surface area contributed by atoms with E-state index in [9.17, 15) is 5.26 Å². The van der Waals surface area contributed by atoms with Gasteiger partial charge in [0, 0.05) is 0 Å². The third kappa shape index (κ3) is 2.72. The van der Waals surface area contributed by atoms with Gasteiger partial charge in [0.05, 0.1) is 18.0 Å². The summed E-state index contributed by atoms with van der Waals surface area (Å²) in [5.74, 6) is 2.46. The average Bonchev–Trinajstić information content (AvgIpc) is 2.76. The highest BCUT2D eigenvalue weighted by atomic mass is 15.4. The Labute approximate surface area is 122 Å². The zero-order valence-corrected chi connectivity index (χ0v) is 13.3. The molecule has 0 bridgehead atoms. The molecule has 0 aliphatic heterocycles. The van der Waals surface area contributed by atoms with Gasteiger partial charge in [0.15, 0.2) is 0 Å². The molecule has 1 heterocycles. The van der Waals surface area contributed by atoms with Crippen LogP contribution in [0.5, 0.6) is 0 Å². The highest BCUT2D eigenvalue weighted by Crippen LogP contribution is 2.46. The fourth-order valence-electron chi connectivity index (χ4n) is 3.42. The Bertz CT molecular complexity index is 509. The number of nitriles is 1. The van der Waals surface area contributed by atoms with Crippen molar-refractivity contribution >= 4 is 0 Å². The summed E-state index contributed by atoms with van der Waals surface area (Å²) < 4.78 is 2.00. The van der Waals surface area contributed by atoms with E-state index in [2.05, 4.69) is 36.9 Å². The lowest BCUT2D eigenvalue weighted by Gasteiger charge is -2.41. The Balaban J connectivity index is 2.28. The summed E-state index contributed by atoms with van der Waals surface area (Å²) in [4.78, 5) is 4.40. The number of aryl methyl sites for hydroxylation is 2. The van der Waals surface area contributed by atoms with Crippen molar-refractivity contribution in [1.29, 1.82) is 5.26 Å². The maximum Gasteiger partial charge on any atom is 0.147 e. The van der Waals surface area contributed by atoms with Crippen LogP contribution < -0.4 is 0 Å². The van der Waals surface area contributed by atoms with Crippen molar-refractivity contribution in [3.8, 4) is 6.07 Å². The van der Waals surface area contributed by atoms with Gasteiger partial charge >= 0.3 is 0 Å². The Morgan fingerprint density at radius 3 is 2.55 bits per heavy atom. The van der Waals surface area contributed by atoms with Gasteiger partial charge in [-0.05, 0) is 44.4 Å². The summed E-state index contributed by atoms with van der Waals surface area (Å²) in [6, 6.07) is 2.68. The molecule has 0 amide bonds. The molecule has 0 saturated heterocycles. The predicted octanol–water partition coefficient (Wildman–Crippen LogP) is 3.81. The third-order valence-corrected chi connectivity index (χ3v) is 5.22. The van der Waals surface area contributed by atoms with Crippen LogP contribution in [0, 0.1) is 42.4 Å². The van der Waals surface area contributed by atoms with Crippen molar-refractivity contribution in [3.05, 3.63) is 11.6 Å². The lowest BCUT2D eigenvalue weighted by Crippen LogP contribution is -2.34. The van der Waals surface area contributed by atoms with E-state index in [-0.39, 0.29) is 12.0 Å². The maximum atomic E-state index is 9.46. The molecule has 0 aromatic carbocycles. The average molecular weight is 274 g/mol. The normalized spacial score (nSPS) is 27.3. The molecule has 1 fully saturated rings. The summed E-state index contributed by atoms with van der Waals surface area (Å²) in [5, 5.41) is 14.0. The maximum absolute atomic E-state index is 9.46. The molecule has 4 nitrogen and oxygen atoms in total. The largest absolute Gasteiger partial charge is 0.246 e. The van der Waals surface area contributed by atoms with Crippen LogP contribution in [0.25, 0.3) is 0 Å². The van der Waals surface area contributed by atoms with Crippen LogP contribution in [0.1, 0.15) is 64.1 Å². The Morgan fingerprint density at radius 1 is 1.35 bits per heavy atom. The van der Waals surface area contributed by atoms with Gasteiger partial charge in [0.2, 0.25) is 0 Å². The SMILES string of the molecule is CCC(C)(C)C1CCC(C#N)C(n2nc(C)nc2C)C1. The summed E-state index contributed by atoms with van der Waals surface area (Å²) in [7, 11) is 0. The molecule has 3 unspecified atom stereocenters. The first kappa shape index (κ1) is 15.0. The second kappa shape index (κ2) is 5.55. The topological polar surface area (TPSA) is 54.5 Å². The van der Waals surface area contributed by atoms with Crippen LogP contribution >= 0.6 is 0 Å². The number of aromatic nitrogens is 3. The zero-order valence-electron chi connectivity index (χ0n) is 13.3. The standard InChI is InChI=1S/C16H26N4/c1-6-16(4,5)14-8-7-13(10-17)15(9-14)20-12(3)18-11(2)19-20/h13-15H,6-9H2,1-5H3. The van der Waals surface area contributed by atoms with Gasteiger partial charge in [-0.15, -0.1) is 0 Å². The smallest absolute Gasteiger partial charge is 0.147 e. The fraction of sp³-hybridized carbons (Fsp3) is 0.812. The molecular formula is C16H26N4. The molecule has 4 heteroatoms. The molecular weight excluding hydrogens is 248 g/mol. The first-order valence-corrected chi connectivity index (χ1v) is 7.68. The van der Waals surface area contributed by atoms with E-state index in [1.165, 1.54) is 6.42 Å². The minimum absolute atomic E-state index is 0.0682. The van der Waals surface area contributed by atoms with Gasteiger partial charge in [0.1, 0.15) is 11.6 Å². The number of hydrogen-bond donors (Lipinski definition) is 0. The lowest BCUT2D eigenvalue weighted by molar-refractivity contribution is 0.0980. The van der Waals surface area contributed by atoms with Crippen molar-refractivity contribution in [3.63, 3.8) is 0 Å². The summed E-state index contributed by atoms with van der Waals surface area (Å²) in [6.45, 7) is 10.9. The Hall–Kier alpha value is -1.37. The van der Waals surface area contributed by atoms with Crippen molar-refractivity contribution < 1.29 is 0 Å². The molecule has 0 N–H and O–H groups in total. The van der Waals surface area contributed by atoms with Gasteiger partial charge in [0.25, 0.3) is 0 Å². The highest BCUT2D eigenvalue weighted by Gasteiger charge is 2.39. The molecule has 0 radical (unpaired) electrons. The van der Waals surface area contributed by atoms with Gasteiger partial charge in [-0.25, -0.2) is 9.67 Å². The van der Waals surface area contributed by atoms with Gasteiger partial charge in [-0.1, -0.05) is 27.2 Å². The quantitative estimate of drug-likeness (QED) is 0.842. The van der Waals surface area contributed by atoms with Crippen LogP contribution in [-0.2, 0) is 0 Å². The predicted molar refractivity (Wildman–Crippen MR) is 79.0 cm³/mol. The lowest BCUT2D eigenvalue weighted by atomic mass is 9.66. The van der Waals surface area contributed by atoms with E-state index in [1.807, 2.05) is 18.5 Å². The molecule has 2 rings (SSSR count). The molecule has 1 aliphatic carbocycles. The molecule has 1 aromatic heterocycles. The molecule has 20 heavy (non-hydrogen) atoms. The van der Waals surface area contributed by atoms with E-state index >= 15 is 0 Å². The number of hydrogen-bond acceptors (Lipinski definition) is 3. The summed E-state index contributed by atoms with van der Waals surface area (Å²) in [6.07, 6.45) is 4.36. The number of rotatable bonds is 3. The highest BCUT2D eigenvalue weighted by molar-refractivity contribution is 5.01.